The van der Waals surface area contributed by atoms with E-state index in [0.717, 1.165) is 10.6 Å². The molecule has 0 aliphatic heterocycles. The maximum absolute atomic E-state index is 12.4. The summed E-state index contributed by atoms with van der Waals surface area (Å²) in [6.45, 7) is -0.0474. The molecule has 0 aromatic heterocycles. The number of rotatable bonds is 11. The lowest BCUT2D eigenvalue weighted by Gasteiger charge is -2.24. The molecule has 0 saturated carbocycles. The summed E-state index contributed by atoms with van der Waals surface area (Å²) >= 11 is 0. The molecular weight excluding hydrogens is 412 g/mol. The van der Waals surface area contributed by atoms with E-state index in [-0.39, 0.29) is 18.8 Å². The van der Waals surface area contributed by atoms with E-state index in [1.165, 1.54) is 27.4 Å². The van der Waals surface area contributed by atoms with Crippen molar-refractivity contribution in [2.24, 2.45) is 0 Å². The fourth-order valence-electron chi connectivity index (χ4n) is 2.65. The van der Waals surface area contributed by atoms with Gasteiger partial charge in [0.2, 0.25) is 15.9 Å². The van der Waals surface area contributed by atoms with E-state index < -0.39 is 22.5 Å². The first-order valence-corrected chi connectivity index (χ1v) is 10.9. The van der Waals surface area contributed by atoms with Gasteiger partial charge in [0.1, 0.15) is 24.7 Å². The summed E-state index contributed by atoms with van der Waals surface area (Å²) in [7, 11) is 0.655. The van der Waals surface area contributed by atoms with Crippen molar-refractivity contribution in [1.29, 1.82) is 0 Å². The van der Waals surface area contributed by atoms with E-state index in [9.17, 15) is 13.2 Å². The van der Waals surface area contributed by atoms with Crippen LogP contribution in [0.15, 0.2) is 42.5 Å². The maximum atomic E-state index is 12.4. The molecule has 164 valence electrons. The van der Waals surface area contributed by atoms with E-state index >= 15 is 0 Å². The van der Waals surface area contributed by atoms with Gasteiger partial charge in [-0.2, -0.15) is 0 Å². The Bertz CT molecular complexity index is 963. The third-order valence-electron chi connectivity index (χ3n) is 4.09. The minimum atomic E-state index is -3.76. The second-order valence-electron chi connectivity index (χ2n) is 6.16. The van der Waals surface area contributed by atoms with Crippen LogP contribution in [0.25, 0.3) is 0 Å². The minimum absolute atomic E-state index is 0.184. The maximum Gasteiger partial charge on any atom is 0.240 e. The molecule has 2 aromatic carbocycles. The number of anilines is 1. The van der Waals surface area contributed by atoms with Crippen molar-refractivity contribution in [3.05, 3.63) is 42.5 Å². The molecule has 1 amide bonds. The molecule has 10 heteroatoms. The van der Waals surface area contributed by atoms with Gasteiger partial charge in [0.05, 0.1) is 39.8 Å². The molecule has 2 aromatic rings. The first kappa shape index (κ1) is 23.1. The molecule has 0 aliphatic rings. The molecule has 0 bridgehead atoms. The summed E-state index contributed by atoms with van der Waals surface area (Å²) in [6, 6.07) is 11.9. The Morgan fingerprint density at radius 1 is 0.967 bits per heavy atom. The summed E-state index contributed by atoms with van der Waals surface area (Å²) in [5.41, 5.74) is 0.208. The Kier molecular flexibility index (Phi) is 8.16. The summed E-state index contributed by atoms with van der Waals surface area (Å²) < 4.78 is 46.8. The number of para-hydroxylation sites is 2. The highest BCUT2D eigenvalue weighted by Gasteiger charge is 2.24. The molecule has 0 aliphatic carbocycles. The lowest BCUT2D eigenvalue weighted by molar-refractivity contribution is -0.119. The van der Waals surface area contributed by atoms with Crippen LogP contribution in [-0.2, 0) is 14.8 Å². The van der Waals surface area contributed by atoms with Crippen LogP contribution < -0.4 is 28.6 Å². The number of nitrogens with one attached hydrogen (secondary N) is 1. The molecule has 0 unspecified atom stereocenters. The van der Waals surface area contributed by atoms with Gasteiger partial charge in [-0.05, 0) is 24.3 Å². The Morgan fingerprint density at radius 3 is 2.23 bits per heavy atom. The predicted octanol–water partition coefficient (Wildman–Crippen LogP) is 1.67. The Balaban J connectivity index is 2.03. The van der Waals surface area contributed by atoms with Crippen LogP contribution in [0.1, 0.15) is 0 Å². The zero-order chi connectivity index (χ0) is 22.1. The second kappa shape index (κ2) is 10.6. The van der Waals surface area contributed by atoms with Crippen molar-refractivity contribution >= 4 is 21.6 Å². The monoisotopic (exact) mass is 438 g/mol. The van der Waals surface area contributed by atoms with E-state index in [2.05, 4.69) is 5.32 Å². The molecule has 0 spiro atoms. The zero-order valence-corrected chi connectivity index (χ0v) is 18.2. The average Bonchev–Trinajstić information content (AvgIpc) is 2.74. The first-order chi connectivity index (χ1) is 14.3. The fraction of sp³-hybridized carbons (Fsp3) is 0.350. The number of ether oxygens (including phenoxy) is 4. The molecule has 0 atom stereocenters. The molecular formula is C20H26N2O7S. The van der Waals surface area contributed by atoms with E-state index in [0.29, 0.717) is 23.0 Å². The van der Waals surface area contributed by atoms with Crippen LogP contribution in [0.4, 0.5) is 5.69 Å². The van der Waals surface area contributed by atoms with Gasteiger partial charge < -0.3 is 24.3 Å². The molecule has 30 heavy (non-hydrogen) atoms. The van der Waals surface area contributed by atoms with E-state index in [4.69, 9.17) is 18.9 Å². The number of carbonyl (C=O) groups is 1. The number of benzene rings is 2. The van der Waals surface area contributed by atoms with Gasteiger partial charge in [-0.3, -0.25) is 9.10 Å². The summed E-state index contributed by atoms with van der Waals surface area (Å²) in [5.74, 6) is 1.37. The Labute approximate surface area is 176 Å². The van der Waals surface area contributed by atoms with Gasteiger partial charge in [-0.15, -0.1) is 0 Å². The highest BCUT2D eigenvalue weighted by Crippen LogP contribution is 2.33. The lowest BCUT2D eigenvalue weighted by Crippen LogP contribution is -2.41. The van der Waals surface area contributed by atoms with Gasteiger partial charge in [0, 0.05) is 6.07 Å². The smallest absolute Gasteiger partial charge is 0.240 e. The normalized spacial score (nSPS) is 10.8. The van der Waals surface area contributed by atoms with Crippen molar-refractivity contribution in [3.8, 4) is 23.0 Å². The van der Waals surface area contributed by atoms with E-state index in [1.54, 1.807) is 24.3 Å². The van der Waals surface area contributed by atoms with Crippen LogP contribution >= 0.6 is 0 Å². The van der Waals surface area contributed by atoms with Gasteiger partial charge >= 0.3 is 0 Å². The molecule has 0 saturated heterocycles. The number of hydrogen-bond acceptors (Lipinski definition) is 7. The number of sulfonamides is 1. The minimum Gasteiger partial charge on any atom is -0.497 e. The molecule has 2 rings (SSSR count). The Hall–Kier alpha value is -3.14. The lowest BCUT2D eigenvalue weighted by atomic mass is 10.2. The Morgan fingerprint density at radius 2 is 1.63 bits per heavy atom. The van der Waals surface area contributed by atoms with Gasteiger partial charge in [0.25, 0.3) is 0 Å². The average molecular weight is 439 g/mol. The van der Waals surface area contributed by atoms with Crippen LogP contribution in [0.3, 0.4) is 0 Å². The zero-order valence-electron chi connectivity index (χ0n) is 17.4. The van der Waals surface area contributed by atoms with Crippen LogP contribution in [-0.4, -0.2) is 61.6 Å². The largest absolute Gasteiger partial charge is 0.497 e. The number of carbonyl (C=O) groups excluding carboxylic acids is 1. The number of methoxy groups -OCH3 is 3. The van der Waals surface area contributed by atoms with Gasteiger partial charge in [0.15, 0.2) is 11.5 Å². The highest BCUT2D eigenvalue weighted by atomic mass is 32.2. The number of hydrogen-bond donors (Lipinski definition) is 1. The third-order valence-corrected chi connectivity index (χ3v) is 5.22. The van der Waals surface area contributed by atoms with Crippen molar-refractivity contribution in [2.45, 2.75) is 0 Å². The summed E-state index contributed by atoms with van der Waals surface area (Å²) in [4.78, 5) is 12.4. The summed E-state index contributed by atoms with van der Waals surface area (Å²) in [5, 5.41) is 2.65. The summed E-state index contributed by atoms with van der Waals surface area (Å²) in [6.07, 6.45) is 1.02. The van der Waals surface area contributed by atoms with Crippen molar-refractivity contribution in [3.63, 3.8) is 0 Å². The van der Waals surface area contributed by atoms with Crippen molar-refractivity contribution < 1.29 is 32.2 Å². The van der Waals surface area contributed by atoms with Crippen molar-refractivity contribution in [2.75, 3.05) is 51.6 Å². The van der Waals surface area contributed by atoms with Gasteiger partial charge in [-0.1, -0.05) is 12.1 Å². The first-order valence-electron chi connectivity index (χ1n) is 9.02. The number of amides is 1. The predicted molar refractivity (Wildman–Crippen MR) is 113 cm³/mol. The van der Waals surface area contributed by atoms with E-state index in [1.807, 2.05) is 12.1 Å². The van der Waals surface area contributed by atoms with Crippen LogP contribution in [0.5, 0.6) is 23.0 Å². The third kappa shape index (κ3) is 6.18. The molecule has 1 N–H and O–H groups in total. The second-order valence-corrected chi connectivity index (χ2v) is 8.06. The van der Waals surface area contributed by atoms with Crippen molar-refractivity contribution in [1.82, 2.24) is 5.32 Å². The topological polar surface area (TPSA) is 103 Å². The SMILES string of the molecule is COc1ccc(OC)c(N(CC(=O)NCCOc2ccccc2OC)S(C)(=O)=O)c1. The number of nitrogens with zero attached hydrogens (tertiary/aromatic N) is 1. The van der Waals surface area contributed by atoms with Crippen LogP contribution in [0.2, 0.25) is 0 Å². The van der Waals surface area contributed by atoms with Crippen LogP contribution in [0, 0.1) is 0 Å². The quantitative estimate of drug-likeness (QED) is 0.532. The molecule has 0 fully saturated rings. The molecule has 9 nitrogen and oxygen atoms in total. The molecule has 0 radical (unpaired) electrons. The molecule has 0 heterocycles. The highest BCUT2D eigenvalue weighted by molar-refractivity contribution is 7.92. The standard InChI is InChI=1S/C20H26N2O7S/c1-26-15-9-10-17(27-2)16(13-15)22(30(4,24)25)14-20(23)21-11-12-29-19-8-6-5-7-18(19)28-3/h5-10,13H,11-12,14H2,1-4H3,(H,21,23). The van der Waals surface area contributed by atoms with Gasteiger partial charge in [-0.25, -0.2) is 8.42 Å². The fourth-order valence-corrected chi connectivity index (χ4v) is 3.50.